The molecule has 2 aromatic rings. The van der Waals surface area contributed by atoms with Gasteiger partial charge in [-0.1, -0.05) is 41.4 Å². The summed E-state index contributed by atoms with van der Waals surface area (Å²) < 4.78 is 0. The summed E-state index contributed by atoms with van der Waals surface area (Å²) in [6.45, 7) is 1.87. The topological polar surface area (TPSA) is 55.1 Å². The number of halogens is 2. The second kappa shape index (κ2) is 6.16. The van der Waals surface area contributed by atoms with Gasteiger partial charge in [-0.3, -0.25) is 4.79 Å². The predicted octanol–water partition coefficient (Wildman–Crippen LogP) is 4.07. The largest absolute Gasteiger partial charge is 0.398 e. The van der Waals surface area contributed by atoms with Crippen LogP contribution in [0.1, 0.15) is 28.9 Å². The Balaban J connectivity index is 2.17. The van der Waals surface area contributed by atoms with Crippen LogP contribution in [0.5, 0.6) is 0 Å². The van der Waals surface area contributed by atoms with E-state index >= 15 is 0 Å². The first-order valence-corrected chi connectivity index (χ1v) is 6.85. The Morgan fingerprint density at radius 3 is 2.55 bits per heavy atom. The molecule has 0 radical (unpaired) electrons. The fraction of sp³-hybridized carbons (Fsp3) is 0.133. The zero-order valence-electron chi connectivity index (χ0n) is 10.9. The minimum absolute atomic E-state index is 0.213. The molecule has 1 atom stereocenters. The fourth-order valence-corrected chi connectivity index (χ4v) is 2.43. The fourth-order valence-electron chi connectivity index (χ4n) is 1.93. The third-order valence-electron chi connectivity index (χ3n) is 2.99. The van der Waals surface area contributed by atoms with Crippen LogP contribution >= 0.6 is 23.2 Å². The molecule has 20 heavy (non-hydrogen) atoms. The molecule has 0 saturated carbocycles. The number of nitrogens with one attached hydrogen (secondary N) is 1. The second-order valence-electron chi connectivity index (χ2n) is 4.45. The van der Waals surface area contributed by atoms with Crippen molar-refractivity contribution in [1.82, 2.24) is 5.32 Å². The van der Waals surface area contributed by atoms with E-state index < -0.39 is 0 Å². The van der Waals surface area contributed by atoms with Crippen LogP contribution in [0.25, 0.3) is 0 Å². The minimum Gasteiger partial charge on any atom is -0.398 e. The van der Waals surface area contributed by atoms with Gasteiger partial charge in [0.2, 0.25) is 0 Å². The molecule has 5 heteroatoms. The Kier molecular flexibility index (Phi) is 4.53. The molecule has 0 aliphatic heterocycles. The maximum Gasteiger partial charge on any atom is 0.253 e. The molecule has 3 N–H and O–H groups in total. The van der Waals surface area contributed by atoms with Gasteiger partial charge in [-0.2, -0.15) is 0 Å². The van der Waals surface area contributed by atoms with Gasteiger partial charge < -0.3 is 11.1 Å². The zero-order valence-corrected chi connectivity index (χ0v) is 12.4. The lowest BCUT2D eigenvalue weighted by Crippen LogP contribution is -2.27. The molecular weight excluding hydrogens is 295 g/mol. The molecule has 2 aromatic carbocycles. The molecule has 0 aromatic heterocycles. The molecule has 0 heterocycles. The Hall–Kier alpha value is -1.71. The van der Waals surface area contributed by atoms with Crippen LogP contribution in [-0.4, -0.2) is 5.91 Å². The molecule has 0 bridgehead atoms. The highest BCUT2D eigenvalue weighted by Gasteiger charge is 2.15. The van der Waals surface area contributed by atoms with Gasteiger partial charge in [0.15, 0.2) is 0 Å². The van der Waals surface area contributed by atoms with Crippen molar-refractivity contribution in [2.45, 2.75) is 13.0 Å². The molecule has 104 valence electrons. The number of para-hydroxylation sites is 1. The van der Waals surface area contributed by atoms with Crippen molar-refractivity contribution in [3.63, 3.8) is 0 Å². The SMILES string of the molecule is CC(NC(=O)c1ccc(Cl)cc1Cl)c1ccccc1N. The van der Waals surface area contributed by atoms with Gasteiger partial charge in [0, 0.05) is 10.7 Å². The molecule has 0 aliphatic carbocycles. The third-order valence-corrected chi connectivity index (χ3v) is 3.53. The highest BCUT2D eigenvalue weighted by atomic mass is 35.5. The first-order chi connectivity index (χ1) is 9.49. The Morgan fingerprint density at radius 2 is 1.90 bits per heavy atom. The summed E-state index contributed by atoms with van der Waals surface area (Å²) >= 11 is 11.8. The maximum absolute atomic E-state index is 12.2. The van der Waals surface area contributed by atoms with E-state index in [9.17, 15) is 4.79 Å². The summed E-state index contributed by atoms with van der Waals surface area (Å²) in [5.74, 6) is -0.262. The molecular formula is C15H14Cl2N2O. The quantitative estimate of drug-likeness (QED) is 0.840. The van der Waals surface area contributed by atoms with Crippen molar-refractivity contribution in [2.75, 3.05) is 5.73 Å². The number of amides is 1. The Morgan fingerprint density at radius 1 is 1.20 bits per heavy atom. The van der Waals surface area contributed by atoms with Gasteiger partial charge in [0.05, 0.1) is 16.6 Å². The number of hydrogen-bond acceptors (Lipinski definition) is 2. The zero-order chi connectivity index (χ0) is 14.7. The first-order valence-electron chi connectivity index (χ1n) is 6.09. The lowest BCUT2D eigenvalue weighted by atomic mass is 10.1. The van der Waals surface area contributed by atoms with Crippen molar-refractivity contribution < 1.29 is 4.79 Å². The van der Waals surface area contributed by atoms with Gasteiger partial charge in [0.25, 0.3) is 5.91 Å². The van der Waals surface area contributed by atoms with E-state index in [0.717, 1.165) is 5.56 Å². The first kappa shape index (κ1) is 14.7. The van der Waals surface area contributed by atoms with Crippen LogP contribution in [-0.2, 0) is 0 Å². The molecule has 0 saturated heterocycles. The summed E-state index contributed by atoms with van der Waals surface area (Å²) in [4.78, 5) is 12.2. The number of benzene rings is 2. The van der Waals surface area contributed by atoms with Crippen LogP contribution in [0.3, 0.4) is 0 Å². The highest BCUT2D eigenvalue weighted by Crippen LogP contribution is 2.23. The maximum atomic E-state index is 12.2. The third kappa shape index (κ3) is 3.24. The average molecular weight is 309 g/mol. The lowest BCUT2D eigenvalue weighted by molar-refractivity contribution is 0.0940. The van der Waals surface area contributed by atoms with E-state index in [4.69, 9.17) is 28.9 Å². The van der Waals surface area contributed by atoms with E-state index in [1.54, 1.807) is 24.3 Å². The number of hydrogen-bond donors (Lipinski definition) is 2. The van der Waals surface area contributed by atoms with Crippen LogP contribution < -0.4 is 11.1 Å². The second-order valence-corrected chi connectivity index (χ2v) is 5.29. The molecule has 1 unspecified atom stereocenters. The number of carbonyl (C=O) groups is 1. The molecule has 0 fully saturated rings. The minimum atomic E-state index is -0.262. The normalized spacial score (nSPS) is 11.9. The molecule has 3 nitrogen and oxygen atoms in total. The summed E-state index contributed by atoms with van der Waals surface area (Å²) in [6, 6.07) is 12.0. The van der Waals surface area contributed by atoms with Gasteiger partial charge in [-0.15, -0.1) is 0 Å². The van der Waals surface area contributed by atoms with Crippen LogP contribution in [0, 0.1) is 0 Å². The van der Waals surface area contributed by atoms with Crippen LogP contribution in [0.4, 0.5) is 5.69 Å². The highest BCUT2D eigenvalue weighted by molar-refractivity contribution is 6.36. The van der Waals surface area contributed by atoms with Crippen molar-refractivity contribution in [1.29, 1.82) is 0 Å². The van der Waals surface area contributed by atoms with Gasteiger partial charge in [0.1, 0.15) is 0 Å². The number of nitrogens with two attached hydrogens (primary N) is 1. The van der Waals surface area contributed by atoms with E-state index in [1.165, 1.54) is 0 Å². The Labute approximate surface area is 127 Å². The molecule has 0 spiro atoms. The van der Waals surface area contributed by atoms with Gasteiger partial charge in [-0.25, -0.2) is 0 Å². The van der Waals surface area contributed by atoms with E-state index in [2.05, 4.69) is 5.32 Å². The van der Waals surface area contributed by atoms with Gasteiger partial charge in [-0.05, 0) is 36.8 Å². The monoisotopic (exact) mass is 308 g/mol. The number of rotatable bonds is 3. The van der Waals surface area contributed by atoms with E-state index in [1.807, 2.05) is 25.1 Å². The van der Waals surface area contributed by atoms with Crippen LogP contribution in [0.15, 0.2) is 42.5 Å². The van der Waals surface area contributed by atoms with Crippen LogP contribution in [0.2, 0.25) is 10.0 Å². The smallest absolute Gasteiger partial charge is 0.253 e. The molecule has 1 amide bonds. The number of carbonyl (C=O) groups excluding carboxylic acids is 1. The molecule has 0 aliphatic rings. The number of nitrogen functional groups attached to an aromatic ring is 1. The summed E-state index contributed by atoms with van der Waals surface area (Å²) in [6.07, 6.45) is 0. The van der Waals surface area contributed by atoms with Crippen molar-refractivity contribution >= 4 is 34.8 Å². The van der Waals surface area contributed by atoms with Crippen molar-refractivity contribution in [3.05, 3.63) is 63.6 Å². The summed E-state index contributed by atoms with van der Waals surface area (Å²) in [5, 5.41) is 3.68. The van der Waals surface area contributed by atoms with E-state index in [-0.39, 0.29) is 11.9 Å². The standard InChI is InChI=1S/C15H14Cl2N2O/c1-9(11-4-2-3-5-14(11)18)19-15(20)12-7-6-10(16)8-13(12)17/h2-9H,18H2,1H3,(H,19,20). The van der Waals surface area contributed by atoms with Crippen molar-refractivity contribution in [3.8, 4) is 0 Å². The number of anilines is 1. The predicted molar refractivity (Wildman–Crippen MR) is 83.2 cm³/mol. The van der Waals surface area contributed by atoms with Gasteiger partial charge >= 0.3 is 0 Å². The summed E-state index contributed by atoms with van der Waals surface area (Å²) in [7, 11) is 0. The van der Waals surface area contributed by atoms with Crippen molar-refractivity contribution in [2.24, 2.45) is 0 Å². The molecule has 2 rings (SSSR count). The lowest BCUT2D eigenvalue weighted by Gasteiger charge is -2.16. The average Bonchev–Trinajstić information content (AvgIpc) is 2.38. The Bertz CT molecular complexity index is 644. The summed E-state index contributed by atoms with van der Waals surface area (Å²) in [5.41, 5.74) is 7.79. The van der Waals surface area contributed by atoms with E-state index in [0.29, 0.717) is 21.3 Å².